The standard InChI is InChI=1S/C15H19NO2/c1-18-14-7-4-5-12(11-14)9-10-13-6-2-3-8-15(17)16-13/h4-5,7,9-11,13H,2-3,6,8H2,1H3,(H,16,17). The van der Waals surface area contributed by atoms with E-state index in [-0.39, 0.29) is 11.9 Å². The molecule has 1 aromatic rings. The van der Waals surface area contributed by atoms with E-state index in [1.165, 1.54) is 0 Å². The Kier molecular flexibility index (Phi) is 4.40. The Balaban J connectivity index is 2.02. The first-order chi connectivity index (χ1) is 8.78. The second-order valence-electron chi connectivity index (χ2n) is 4.56. The van der Waals surface area contributed by atoms with E-state index in [9.17, 15) is 4.79 Å². The van der Waals surface area contributed by atoms with Crippen molar-refractivity contribution in [3.63, 3.8) is 0 Å². The van der Waals surface area contributed by atoms with Gasteiger partial charge in [-0.3, -0.25) is 4.79 Å². The van der Waals surface area contributed by atoms with E-state index >= 15 is 0 Å². The SMILES string of the molecule is COc1cccc(C=CC2CCCCC(=O)N2)c1. The Morgan fingerprint density at radius 3 is 3.11 bits per heavy atom. The third kappa shape index (κ3) is 3.62. The number of hydrogen-bond acceptors (Lipinski definition) is 2. The number of carbonyl (C=O) groups is 1. The molecule has 0 bridgehead atoms. The zero-order valence-corrected chi connectivity index (χ0v) is 10.7. The van der Waals surface area contributed by atoms with Gasteiger partial charge in [0.25, 0.3) is 0 Å². The Hall–Kier alpha value is -1.77. The summed E-state index contributed by atoms with van der Waals surface area (Å²) in [4.78, 5) is 11.4. The second-order valence-corrected chi connectivity index (χ2v) is 4.56. The Bertz CT molecular complexity index is 440. The van der Waals surface area contributed by atoms with Crippen molar-refractivity contribution >= 4 is 12.0 Å². The van der Waals surface area contributed by atoms with Gasteiger partial charge in [0.05, 0.1) is 7.11 Å². The molecule has 2 rings (SSSR count). The number of nitrogens with one attached hydrogen (secondary N) is 1. The van der Waals surface area contributed by atoms with Crippen LogP contribution in [0.1, 0.15) is 31.2 Å². The molecule has 1 atom stereocenters. The van der Waals surface area contributed by atoms with E-state index in [2.05, 4.69) is 11.4 Å². The Morgan fingerprint density at radius 2 is 2.28 bits per heavy atom. The van der Waals surface area contributed by atoms with Gasteiger partial charge < -0.3 is 10.1 Å². The zero-order valence-electron chi connectivity index (χ0n) is 10.7. The van der Waals surface area contributed by atoms with Crippen molar-refractivity contribution in [3.05, 3.63) is 35.9 Å². The summed E-state index contributed by atoms with van der Waals surface area (Å²) in [6, 6.07) is 8.05. The van der Waals surface area contributed by atoms with Crippen molar-refractivity contribution in [1.29, 1.82) is 0 Å². The Morgan fingerprint density at radius 1 is 1.39 bits per heavy atom. The van der Waals surface area contributed by atoms with Gasteiger partial charge in [-0.15, -0.1) is 0 Å². The predicted octanol–water partition coefficient (Wildman–Crippen LogP) is 2.77. The lowest BCUT2D eigenvalue weighted by Gasteiger charge is -2.10. The average Bonchev–Trinajstić information content (AvgIpc) is 2.61. The smallest absolute Gasteiger partial charge is 0.220 e. The molecule has 1 saturated heterocycles. The lowest BCUT2D eigenvalue weighted by molar-refractivity contribution is -0.121. The van der Waals surface area contributed by atoms with Crippen molar-refractivity contribution in [2.24, 2.45) is 0 Å². The minimum atomic E-state index is 0.159. The van der Waals surface area contributed by atoms with Crippen LogP contribution in [-0.4, -0.2) is 19.1 Å². The van der Waals surface area contributed by atoms with Gasteiger partial charge in [0.1, 0.15) is 5.75 Å². The maximum absolute atomic E-state index is 11.4. The molecule has 18 heavy (non-hydrogen) atoms. The third-order valence-corrected chi connectivity index (χ3v) is 3.13. The molecule has 0 radical (unpaired) electrons. The zero-order chi connectivity index (χ0) is 12.8. The minimum absolute atomic E-state index is 0.159. The summed E-state index contributed by atoms with van der Waals surface area (Å²) in [5.74, 6) is 1.01. The van der Waals surface area contributed by atoms with Crippen LogP contribution in [0.5, 0.6) is 5.75 Å². The van der Waals surface area contributed by atoms with Gasteiger partial charge in [-0.05, 0) is 30.5 Å². The van der Waals surface area contributed by atoms with Crippen molar-refractivity contribution in [3.8, 4) is 5.75 Å². The molecule has 96 valence electrons. The number of ether oxygens (including phenoxy) is 1. The van der Waals surface area contributed by atoms with Gasteiger partial charge in [0.2, 0.25) is 5.91 Å². The summed E-state index contributed by atoms with van der Waals surface area (Å²) in [7, 11) is 1.66. The molecule has 1 N–H and O–H groups in total. The molecular weight excluding hydrogens is 226 g/mol. The van der Waals surface area contributed by atoms with Crippen LogP contribution in [0.4, 0.5) is 0 Å². The van der Waals surface area contributed by atoms with Crippen LogP contribution in [0, 0.1) is 0 Å². The number of amides is 1. The molecule has 1 aromatic carbocycles. The van der Waals surface area contributed by atoms with Crippen molar-refractivity contribution in [2.45, 2.75) is 31.7 Å². The first-order valence-electron chi connectivity index (χ1n) is 6.39. The van der Waals surface area contributed by atoms with Crippen LogP contribution in [0.2, 0.25) is 0 Å². The number of benzene rings is 1. The van der Waals surface area contributed by atoms with Crippen LogP contribution >= 0.6 is 0 Å². The number of carbonyl (C=O) groups excluding carboxylic acids is 1. The van der Waals surface area contributed by atoms with E-state index in [0.29, 0.717) is 6.42 Å². The maximum Gasteiger partial charge on any atom is 0.220 e. The summed E-state index contributed by atoms with van der Waals surface area (Å²) in [5, 5.41) is 3.02. The third-order valence-electron chi connectivity index (χ3n) is 3.13. The van der Waals surface area contributed by atoms with E-state index in [0.717, 1.165) is 30.6 Å². The highest BCUT2D eigenvalue weighted by molar-refractivity contribution is 5.76. The van der Waals surface area contributed by atoms with Gasteiger partial charge in [-0.2, -0.15) is 0 Å². The fourth-order valence-corrected chi connectivity index (χ4v) is 2.12. The molecule has 1 heterocycles. The van der Waals surface area contributed by atoms with Crippen LogP contribution in [0.25, 0.3) is 6.08 Å². The quantitative estimate of drug-likeness (QED) is 0.889. The van der Waals surface area contributed by atoms with Crippen LogP contribution in [0.15, 0.2) is 30.3 Å². The lowest BCUT2D eigenvalue weighted by atomic mass is 10.1. The fourth-order valence-electron chi connectivity index (χ4n) is 2.12. The van der Waals surface area contributed by atoms with Crippen LogP contribution in [0.3, 0.4) is 0 Å². The number of methoxy groups -OCH3 is 1. The molecule has 1 aliphatic heterocycles. The number of hydrogen-bond donors (Lipinski definition) is 1. The van der Waals surface area contributed by atoms with Gasteiger partial charge >= 0.3 is 0 Å². The molecule has 3 nitrogen and oxygen atoms in total. The molecule has 0 saturated carbocycles. The van der Waals surface area contributed by atoms with Gasteiger partial charge in [0.15, 0.2) is 0 Å². The molecule has 1 unspecified atom stereocenters. The molecule has 1 aliphatic rings. The second kappa shape index (κ2) is 6.24. The average molecular weight is 245 g/mol. The highest BCUT2D eigenvalue weighted by atomic mass is 16.5. The van der Waals surface area contributed by atoms with Crippen molar-refractivity contribution in [1.82, 2.24) is 5.32 Å². The van der Waals surface area contributed by atoms with E-state index < -0.39 is 0 Å². The van der Waals surface area contributed by atoms with Gasteiger partial charge in [-0.1, -0.05) is 30.7 Å². The largest absolute Gasteiger partial charge is 0.497 e. The van der Waals surface area contributed by atoms with Gasteiger partial charge in [-0.25, -0.2) is 0 Å². The molecule has 0 aliphatic carbocycles. The van der Waals surface area contributed by atoms with Crippen molar-refractivity contribution in [2.75, 3.05) is 7.11 Å². The summed E-state index contributed by atoms with van der Waals surface area (Å²) in [6.07, 6.45) is 7.88. The highest BCUT2D eigenvalue weighted by Crippen LogP contribution is 2.15. The van der Waals surface area contributed by atoms with Crippen LogP contribution in [-0.2, 0) is 4.79 Å². The minimum Gasteiger partial charge on any atom is -0.497 e. The molecule has 1 fully saturated rings. The molecule has 0 spiro atoms. The molecule has 1 amide bonds. The summed E-state index contributed by atoms with van der Waals surface area (Å²) in [6.45, 7) is 0. The summed E-state index contributed by atoms with van der Waals surface area (Å²) in [5.41, 5.74) is 1.09. The predicted molar refractivity (Wildman–Crippen MR) is 72.4 cm³/mol. The highest BCUT2D eigenvalue weighted by Gasteiger charge is 2.13. The van der Waals surface area contributed by atoms with Crippen LogP contribution < -0.4 is 10.1 Å². The Labute approximate surface area is 108 Å². The maximum atomic E-state index is 11.4. The molecule has 3 heteroatoms. The first kappa shape index (κ1) is 12.7. The topological polar surface area (TPSA) is 38.3 Å². The monoisotopic (exact) mass is 245 g/mol. The van der Waals surface area contributed by atoms with Gasteiger partial charge in [0, 0.05) is 12.5 Å². The molecule has 0 aromatic heterocycles. The van der Waals surface area contributed by atoms with E-state index in [4.69, 9.17) is 4.74 Å². The normalized spacial score (nSPS) is 20.5. The lowest BCUT2D eigenvalue weighted by Crippen LogP contribution is -2.30. The first-order valence-corrected chi connectivity index (χ1v) is 6.39. The summed E-state index contributed by atoms with van der Waals surface area (Å²) >= 11 is 0. The molecular formula is C15H19NO2. The summed E-state index contributed by atoms with van der Waals surface area (Å²) < 4.78 is 5.18. The number of rotatable bonds is 3. The van der Waals surface area contributed by atoms with E-state index in [1.807, 2.05) is 30.3 Å². The van der Waals surface area contributed by atoms with Crippen molar-refractivity contribution < 1.29 is 9.53 Å². The fraction of sp³-hybridized carbons (Fsp3) is 0.400. The van der Waals surface area contributed by atoms with E-state index in [1.54, 1.807) is 7.11 Å².